The number of hydrogen-bond donors (Lipinski definition) is 2. The predicted molar refractivity (Wildman–Crippen MR) is 98.9 cm³/mol. The van der Waals surface area contributed by atoms with E-state index >= 15 is 0 Å². The molecule has 2 aromatic carbocycles. The Kier molecular flexibility index (Phi) is 5.43. The maximum atomic E-state index is 12.9. The molecule has 1 heterocycles. The van der Waals surface area contributed by atoms with Gasteiger partial charge in [0.25, 0.3) is 5.91 Å². The summed E-state index contributed by atoms with van der Waals surface area (Å²) >= 11 is 0. The summed E-state index contributed by atoms with van der Waals surface area (Å²) in [5.74, 6) is 0.783. The lowest BCUT2D eigenvalue weighted by molar-refractivity contribution is 0.102. The number of anilines is 2. The zero-order chi connectivity index (χ0) is 18.4. The van der Waals surface area contributed by atoms with E-state index in [4.69, 9.17) is 4.74 Å². The molecule has 132 valence electrons. The standard InChI is InChI=1S/C20H18FN3O2/c1-26-18-4-2-3-15(11-18)20(25)24-17-9-10-19(23-13-17)22-12-14-5-7-16(21)8-6-14/h2-11,13H,12H2,1H3,(H,22,23)(H,24,25). The number of halogens is 1. The van der Waals surface area contributed by atoms with Crippen LogP contribution >= 0.6 is 0 Å². The predicted octanol–water partition coefficient (Wildman–Crippen LogP) is 4.09. The molecule has 3 rings (SSSR count). The minimum atomic E-state index is -0.261. The highest BCUT2D eigenvalue weighted by Gasteiger charge is 2.07. The molecule has 1 amide bonds. The lowest BCUT2D eigenvalue weighted by Gasteiger charge is -2.09. The van der Waals surface area contributed by atoms with Crippen LogP contribution in [0.2, 0.25) is 0 Å². The van der Waals surface area contributed by atoms with Gasteiger partial charge in [-0.05, 0) is 48.0 Å². The third-order valence-corrected chi connectivity index (χ3v) is 3.74. The molecule has 0 unspecified atom stereocenters. The highest BCUT2D eigenvalue weighted by atomic mass is 19.1. The van der Waals surface area contributed by atoms with Gasteiger partial charge in [0.2, 0.25) is 0 Å². The highest BCUT2D eigenvalue weighted by Crippen LogP contribution is 2.16. The van der Waals surface area contributed by atoms with Crippen molar-refractivity contribution in [2.45, 2.75) is 6.54 Å². The van der Waals surface area contributed by atoms with Crippen molar-refractivity contribution in [1.82, 2.24) is 4.98 Å². The van der Waals surface area contributed by atoms with Gasteiger partial charge in [0.15, 0.2) is 0 Å². The van der Waals surface area contributed by atoms with E-state index in [1.165, 1.54) is 12.1 Å². The Morgan fingerprint density at radius 2 is 1.92 bits per heavy atom. The number of rotatable bonds is 6. The van der Waals surface area contributed by atoms with Crippen LogP contribution < -0.4 is 15.4 Å². The molecule has 0 saturated carbocycles. The summed E-state index contributed by atoms with van der Waals surface area (Å²) in [5.41, 5.74) is 2.04. The number of carbonyl (C=O) groups is 1. The van der Waals surface area contributed by atoms with Crippen molar-refractivity contribution in [2.24, 2.45) is 0 Å². The largest absolute Gasteiger partial charge is 0.497 e. The van der Waals surface area contributed by atoms with E-state index < -0.39 is 0 Å². The lowest BCUT2D eigenvalue weighted by Crippen LogP contribution is -2.12. The van der Waals surface area contributed by atoms with E-state index in [0.717, 1.165) is 5.56 Å². The average molecular weight is 351 g/mol. The third-order valence-electron chi connectivity index (χ3n) is 3.74. The lowest BCUT2D eigenvalue weighted by atomic mass is 10.2. The molecule has 0 radical (unpaired) electrons. The van der Waals surface area contributed by atoms with Crippen LogP contribution in [0.3, 0.4) is 0 Å². The van der Waals surface area contributed by atoms with Crippen molar-refractivity contribution < 1.29 is 13.9 Å². The minimum Gasteiger partial charge on any atom is -0.497 e. The summed E-state index contributed by atoms with van der Waals surface area (Å²) in [7, 11) is 1.55. The summed E-state index contributed by atoms with van der Waals surface area (Å²) in [5, 5.41) is 5.94. The first-order chi connectivity index (χ1) is 12.6. The summed E-state index contributed by atoms with van der Waals surface area (Å²) in [6, 6.07) is 16.7. The first-order valence-electron chi connectivity index (χ1n) is 8.04. The second-order valence-electron chi connectivity index (χ2n) is 5.60. The Bertz CT molecular complexity index is 880. The van der Waals surface area contributed by atoms with Crippen LogP contribution in [0.25, 0.3) is 0 Å². The quantitative estimate of drug-likeness (QED) is 0.702. The van der Waals surface area contributed by atoms with E-state index in [-0.39, 0.29) is 11.7 Å². The van der Waals surface area contributed by atoms with Crippen molar-refractivity contribution in [1.29, 1.82) is 0 Å². The van der Waals surface area contributed by atoms with Crippen molar-refractivity contribution >= 4 is 17.4 Å². The molecular formula is C20H18FN3O2. The zero-order valence-corrected chi connectivity index (χ0v) is 14.2. The molecule has 0 aliphatic rings. The van der Waals surface area contributed by atoms with Crippen LogP contribution in [0.1, 0.15) is 15.9 Å². The molecule has 26 heavy (non-hydrogen) atoms. The summed E-state index contributed by atoms with van der Waals surface area (Å²) in [6.07, 6.45) is 1.57. The van der Waals surface area contributed by atoms with E-state index in [2.05, 4.69) is 15.6 Å². The molecule has 6 heteroatoms. The summed E-state index contributed by atoms with van der Waals surface area (Å²) in [6.45, 7) is 0.531. The molecule has 2 N–H and O–H groups in total. The fraction of sp³-hybridized carbons (Fsp3) is 0.100. The Balaban J connectivity index is 1.58. The van der Waals surface area contributed by atoms with Gasteiger partial charge in [-0.15, -0.1) is 0 Å². The SMILES string of the molecule is COc1cccc(C(=O)Nc2ccc(NCc3ccc(F)cc3)nc2)c1. The second kappa shape index (κ2) is 8.11. The van der Waals surface area contributed by atoms with E-state index in [1.807, 2.05) is 0 Å². The maximum absolute atomic E-state index is 12.9. The third kappa shape index (κ3) is 4.57. The fourth-order valence-electron chi connectivity index (χ4n) is 2.33. The van der Waals surface area contributed by atoms with Crippen LogP contribution in [-0.2, 0) is 6.54 Å². The first kappa shape index (κ1) is 17.4. The van der Waals surface area contributed by atoms with Gasteiger partial charge >= 0.3 is 0 Å². The Morgan fingerprint density at radius 3 is 2.62 bits per heavy atom. The van der Waals surface area contributed by atoms with Gasteiger partial charge in [0, 0.05) is 12.1 Å². The number of methoxy groups -OCH3 is 1. The number of amides is 1. The normalized spacial score (nSPS) is 10.2. The van der Waals surface area contributed by atoms with Crippen LogP contribution in [0.4, 0.5) is 15.9 Å². The van der Waals surface area contributed by atoms with Crippen LogP contribution in [-0.4, -0.2) is 18.0 Å². The average Bonchev–Trinajstić information content (AvgIpc) is 2.68. The Morgan fingerprint density at radius 1 is 1.12 bits per heavy atom. The molecule has 0 spiro atoms. The van der Waals surface area contributed by atoms with Gasteiger partial charge in [0.05, 0.1) is 19.0 Å². The first-order valence-corrected chi connectivity index (χ1v) is 8.04. The van der Waals surface area contributed by atoms with Crippen molar-refractivity contribution in [3.63, 3.8) is 0 Å². The number of benzene rings is 2. The molecular weight excluding hydrogens is 333 g/mol. The number of nitrogens with zero attached hydrogens (tertiary/aromatic N) is 1. The molecule has 3 aromatic rings. The smallest absolute Gasteiger partial charge is 0.255 e. The molecule has 1 aromatic heterocycles. The van der Waals surface area contributed by atoms with E-state index in [0.29, 0.717) is 29.4 Å². The molecule has 0 aliphatic heterocycles. The van der Waals surface area contributed by atoms with Gasteiger partial charge in [0.1, 0.15) is 17.4 Å². The topological polar surface area (TPSA) is 63.2 Å². The number of hydrogen-bond acceptors (Lipinski definition) is 4. The van der Waals surface area contributed by atoms with Crippen LogP contribution in [0.5, 0.6) is 5.75 Å². The van der Waals surface area contributed by atoms with E-state index in [1.54, 1.807) is 61.8 Å². The second-order valence-corrected chi connectivity index (χ2v) is 5.60. The summed E-state index contributed by atoms with van der Waals surface area (Å²) < 4.78 is 18.0. The van der Waals surface area contributed by atoms with Gasteiger partial charge in [-0.2, -0.15) is 0 Å². The molecule has 0 atom stereocenters. The molecule has 5 nitrogen and oxygen atoms in total. The number of carbonyl (C=O) groups excluding carboxylic acids is 1. The fourth-order valence-corrected chi connectivity index (χ4v) is 2.33. The van der Waals surface area contributed by atoms with Gasteiger partial charge in [-0.3, -0.25) is 4.79 Å². The minimum absolute atomic E-state index is 0.238. The van der Waals surface area contributed by atoms with Gasteiger partial charge in [-0.25, -0.2) is 9.37 Å². The zero-order valence-electron chi connectivity index (χ0n) is 14.2. The maximum Gasteiger partial charge on any atom is 0.255 e. The van der Waals surface area contributed by atoms with Crippen LogP contribution in [0, 0.1) is 5.82 Å². The monoisotopic (exact) mass is 351 g/mol. The number of ether oxygens (including phenoxy) is 1. The van der Waals surface area contributed by atoms with Crippen molar-refractivity contribution in [3.8, 4) is 5.75 Å². The van der Waals surface area contributed by atoms with Crippen LogP contribution in [0.15, 0.2) is 66.9 Å². The molecule has 0 saturated heterocycles. The van der Waals surface area contributed by atoms with E-state index in [9.17, 15) is 9.18 Å². The number of pyridine rings is 1. The van der Waals surface area contributed by atoms with Crippen molar-refractivity contribution in [2.75, 3.05) is 17.7 Å². The Labute approximate surface area is 150 Å². The van der Waals surface area contributed by atoms with Gasteiger partial charge < -0.3 is 15.4 Å². The molecule has 0 aliphatic carbocycles. The highest BCUT2D eigenvalue weighted by molar-refractivity contribution is 6.04. The number of aromatic nitrogens is 1. The number of nitrogens with one attached hydrogen (secondary N) is 2. The van der Waals surface area contributed by atoms with Crippen molar-refractivity contribution in [3.05, 3.63) is 83.8 Å². The summed E-state index contributed by atoms with van der Waals surface area (Å²) in [4.78, 5) is 16.5. The Hall–Kier alpha value is -3.41. The molecule has 0 bridgehead atoms. The van der Waals surface area contributed by atoms with Gasteiger partial charge in [-0.1, -0.05) is 18.2 Å². The molecule has 0 fully saturated rings.